The maximum absolute atomic E-state index is 12.2. The quantitative estimate of drug-likeness (QED) is 0.430. The number of carbonyl (C=O) groups excluding carboxylic acids is 2. The molecule has 100 valence electrons. The van der Waals surface area contributed by atoms with Crippen molar-refractivity contribution in [1.82, 2.24) is 10.0 Å². The molecule has 2 saturated heterocycles. The van der Waals surface area contributed by atoms with Crippen LogP contribution in [0.1, 0.15) is 19.8 Å². The zero-order chi connectivity index (χ0) is 13.5. The second-order valence-electron chi connectivity index (χ2n) is 4.55. The van der Waals surface area contributed by atoms with Gasteiger partial charge in [0.1, 0.15) is 5.41 Å². The smallest absolute Gasteiger partial charge is 0.450 e. The minimum absolute atomic E-state index is 0.0808. The van der Waals surface area contributed by atoms with E-state index in [4.69, 9.17) is 5.11 Å². The second-order valence-corrected chi connectivity index (χ2v) is 4.87. The largest absolute Gasteiger partial charge is 0.507 e. The van der Waals surface area contributed by atoms with Gasteiger partial charge in [0, 0.05) is 18.7 Å². The number of hydrazine groups is 1. The Balaban J connectivity index is 2.31. The molecule has 2 rings (SSSR count). The molecule has 0 aliphatic carbocycles. The van der Waals surface area contributed by atoms with E-state index in [9.17, 15) is 14.4 Å². The lowest BCUT2D eigenvalue weighted by Crippen LogP contribution is -2.53. The Labute approximate surface area is 109 Å². The third kappa shape index (κ3) is 1.71. The first-order valence-corrected chi connectivity index (χ1v) is 6.21. The lowest BCUT2D eigenvalue weighted by Gasteiger charge is -2.37. The van der Waals surface area contributed by atoms with Gasteiger partial charge in [-0.15, -0.1) is 0 Å². The van der Waals surface area contributed by atoms with Crippen LogP contribution in [0.5, 0.6) is 0 Å². The van der Waals surface area contributed by atoms with Crippen LogP contribution in [0.25, 0.3) is 0 Å². The molecule has 2 atom stereocenters. The Hall–Kier alpha value is -1.44. The van der Waals surface area contributed by atoms with Gasteiger partial charge in [-0.3, -0.25) is 9.59 Å². The molecule has 2 aliphatic heterocycles. The molecule has 0 aromatic rings. The fourth-order valence-electron chi connectivity index (χ4n) is 2.23. The molecule has 0 spiro atoms. The molecule has 0 saturated carbocycles. The fourth-order valence-corrected chi connectivity index (χ4v) is 2.50. The van der Waals surface area contributed by atoms with Gasteiger partial charge in [-0.2, -0.15) is 12.6 Å². The van der Waals surface area contributed by atoms with Crippen LogP contribution >= 0.6 is 12.6 Å². The number of thiol groups is 1. The molecule has 2 aliphatic rings. The summed E-state index contributed by atoms with van der Waals surface area (Å²) in [4.78, 5) is 35.0. The van der Waals surface area contributed by atoms with E-state index in [-0.39, 0.29) is 11.7 Å². The molecule has 2 unspecified atom stereocenters. The lowest BCUT2D eigenvalue weighted by atomic mass is 9.92. The third-order valence-electron chi connectivity index (χ3n) is 3.29. The third-order valence-corrected chi connectivity index (χ3v) is 3.93. The molecule has 0 radical (unpaired) electrons. The van der Waals surface area contributed by atoms with Crippen LogP contribution in [-0.4, -0.2) is 51.6 Å². The molecule has 2 amide bonds. The Bertz CT molecular complexity index is 415. The van der Waals surface area contributed by atoms with Crippen molar-refractivity contribution in [3.8, 4) is 0 Å². The highest BCUT2D eigenvalue weighted by molar-refractivity contribution is 7.80. The Morgan fingerprint density at radius 1 is 1.56 bits per heavy atom. The minimum atomic E-state index is -1.46. The summed E-state index contributed by atoms with van der Waals surface area (Å²) in [6, 6.07) is 0. The van der Waals surface area contributed by atoms with Gasteiger partial charge in [0.25, 0.3) is 11.8 Å². The van der Waals surface area contributed by atoms with Gasteiger partial charge in [0.15, 0.2) is 6.23 Å². The number of fused-ring (bicyclic) bond motifs is 1. The van der Waals surface area contributed by atoms with Gasteiger partial charge in [0.2, 0.25) is 0 Å². The summed E-state index contributed by atoms with van der Waals surface area (Å²) in [6.07, 6.45) is -1.39. The van der Waals surface area contributed by atoms with E-state index < -0.39 is 23.7 Å². The van der Waals surface area contributed by atoms with Gasteiger partial charge in [0.05, 0.1) is 0 Å². The van der Waals surface area contributed by atoms with Crippen LogP contribution in [0.15, 0.2) is 0 Å². The maximum atomic E-state index is 12.2. The molecule has 0 bridgehead atoms. The zero-order valence-corrected chi connectivity index (χ0v) is 10.7. The van der Waals surface area contributed by atoms with Crippen molar-refractivity contribution in [3.05, 3.63) is 0 Å². The van der Waals surface area contributed by atoms with Crippen LogP contribution in [0.3, 0.4) is 0 Å². The summed E-state index contributed by atoms with van der Waals surface area (Å²) in [5.74, 6) is -0.716. The van der Waals surface area contributed by atoms with Crippen LogP contribution in [0.2, 0.25) is 0 Å². The molecule has 1 N–H and O–H groups in total. The van der Waals surface area contributed by atoms with E-state index in [1.165, 1.54) is 11.9 Å². The first kappa shape index (κ1) is 13.0. The van der Waals surface area contributed by atoms with E-state index in [2.05, 4.69) is 17.4 Å². The number of hydrogen-bond acceptors (Lipinski definition) is 5. The average Bonchev–Trinajstić information content (AvgIpc) is 2.53. The van der Waals surface area contributed by atoms with E-state index in [0.29, 0.717) is 19.4 Å². The van der Waals surface area contributed by atoms with Crippen molar-refractivity contribution in [2.45, 2.75) is 26.0 Å². The summed E-state index contributed by atoms with van der Waals surface area (Å²) in [5, 5.41) is 11.0. The highest BCUT2D eigenvalue weighted by atomic mass is 32.1. The summed E-state index contributed by atoms with van der Waals surface area (Å²) in [5.41, 5.74) is -1.23. The Kier molecular flexibility index (Phi) is 3.14. The molecule has 2 heterocycles. The van der Waals surface area contributed by atoms with Crippen LogP contribution < -0.4 is 0 Å². The van der Waals surface area contributed by atoms with E-state index >= 15 is 0 Å². The number of hydrogen-bond donors (Lipinski definition) is 2. The van der Waals surface area contributed by atoms with Gasteiger partial charge >= 0.3 is 6.16 Å². The average molecular weight is 274 g/mol. The summed E-state index contributed by atoms with van der Waals surface area (Å²) in [7, 11) is 0. The Morgan fingerprint density at radius 3 is 2.78 bits per heavy atom. The summed E-state index contributed by atoms with van der Waals surface area (Å²) < 4.78 is 4.66. The normalized spacial score (nSPS) is 31.6. The van der Waals surface area contributed by atoms with Crippen LogP contribution in [-0.2, 0) is 14.3 Å². The SMILES string of the molecule is CC1(CS)C(=O)N2CCCC(OC(=O)O)N2C1=O. The zero-order valence-electron chi connectivity index (χ0n) is 9.83. The van der Waals surface area contributed by atoms with E-state index in [0.717, 1.165) is 5.01 Å². The number of carbonyl (C=O) groups is 3. The number of amides is 2. The molecule has 18 heavy (non-hydrogen) atoms. The number of ether oxygens (including phenoxy) is 1. The lowest BCUT2D eigenvalue weighted by molar-refractivity contribution is -0.181. The van der Waals surface area contributed by atoms with Crippen molar-refractivity contribution >= 4 is 30.6 Å². The molecule has 2 fully saturated rings. The van der Waals surface area contributed by atoms with Gasteiger partial charge in [-0.05, 0) is 13.3 Å². The maximum Gasteiger partial charge on any atom is 0.507 e. The topological polar surface area (TPSA) is 87.2 Å². The van der Waals surface area contributed by atoms with Crippen molar-refractivity contribution in [3.63, 3.8) is 0 Å². The number of carboxylic acid groups (broad SMARTS) is 1. The van der Waals surface area contributed by atoms with Gasteiger partial charge in [-0.25, -0.2) is 14.8 Å². The standard InChI is InChI=1S/C10H14N2O5S/c1-10(5-18)7(13)11-4-2-3-6(17-9(15)16)12(11)8(10)14/h6,18H,2-5H2,1H3,(H,15,16). The summed E-state index contributed by atoms with van der Waals surface area (Å²) >= 11 is 4.05. The van der Waals surface area contributed by atoms with Gasteiger partial charge < -0.3 is 9.84 Å². The molecular weight excluding hydrogens is 260 g/mol. The van der Waals surface area contributed by atoms with Crippen molar-refractivity contribution < 1.29 is 24.2 Å². The molecule has 0 aromatic heterocycles. The monoisotopic (exact) mass is 274 g/mol. The van der Waals surface area contributed by atoms with E-state index in [1.807, 2.05) is 0 Å². The van der Waals surface area contributed by atoms with Crippen molar-refractivity contribution in [2.75, 3.05) is 12.3 Å². The molecule has 7 nitrogen and oxygen atoms in total. The number of nitrogens with zero attached hydrogens (tertiary/aromatic N) is 2. The first-order valence-electron chi connectivity index (χ1n) is 5.58. The minimum Gasteiger partial charge on any atom is -0.450 e. The fraction of sp³-hybridized carbons (Fsp3) is 0.700. The summed E-state index contributed by atoms with van der Waals surface area (Å²) in [6.45, 7) is 1.91. The highest BCUT2D eigenvalue weighted by Gasteiger charge is 2.58. The van der Waals surface area contributed by atoms with Crippen LogP contribution in [0.4, 0.5) is 4.79 Å². The molecule has 8 heteroatoms. The van der Waals surface area contributed by atoms with Crippen molar-refractivity contribution in [1.29, 1.82) is 0 Å². The molecular formula is C10H14N2O5S. The number of rotatable bonds is 2. The van der Waals surface area contributed by atoms with Gasteiger partial charge in [-0.1, -0.05) is 0 Å². The Morgan fingerprint density at radius 2 is 2.22 bits per heavy atom. The predicted octanol–water partition coefficient (Wildman–Crippen LogP) is 0.323. The van der Waals surface area contributed by atoms with E-state index in [1.54, 1.807) is 0 Å². The first-order chi connectivity index (χ1) is 8.41. The van der Waals surface area contributed by atoms with Crippen LogP contribution in [0, 0.1) is 5.41 Å². The highest BCUT2D eigenvalue weighted by Crippen LogP contribution is 2.37. The second kappa shape index (κ2) is 4.34. The van der Waals surface area contributed by atoms with Crippen molar-refractivity contribution in [2.24, 2.45) is 5.41 Å². The predicted molar refractivity (Wildman–Crippen MR) is 62.7 cm³/mol. The molecule has 0 aromatic carbocycles.